The van der Waals surface area contributed by atoms with E-state index in [-0.39, 0.29) is 23.1 Å². The molecule has 0 aliphatic heterocycles. The van der Waals surface area contributed by atoms with Gasteiger partial charge < -0.3 is 19.9 Å². The third-order valence-corrected chi connectivity index (χ3v) is 3.33. The van der Waals surface area contributed by atoms with Gasteiger partial charge in [-0.25, -0.2) is 9.78 Å². The Morgan fingerprint density at radius 3 is 2.44 bits per heavy atom. The van der Waals surface area contributed by atoms with E-state index in [1.54, 1.807) is 25.1 Å². The zero-order chi connectivity index (χ0) is 18.6. The first-order valence-electron chi connectivity index (χ1n) is 7.68. The Bertz CT molecular complexity index is 802. The van der Waals surface area contributed by atoms with Crippen molar-refractivity contribution in [3.05, 3.63) is 47.3 Å². The van der Waals surface area contributed by atoms with Gasteiger partial charge in [-0.15, -0.1) is 0 Å². The number of hydrogen-bond acceptors (Lipinski definition) is 5. The highest BCUT2D eigenvalue weighted by Crippen LogP contribution is 2.31. The van der Waals surface area contributed by atoms with Gasteiger partial charge in [0.1, 0.15) is 5.69 Å². The van der Waals surface area contributed by atoms with E-state index in [1.165, 1.54) is 19.2 Å². The minimum Gasteiger partial charge on any atom is -0.493 e. The maximum absolute atomic E-state index is 12.3. The number of anilines is 1. The standard InChI is InChI=1S/C18H20N2O5/c1-10(2)25-16-9-12(5-8-15(16)24-4)20-17(21)14-7-6-13(18(22)23)11(3)19-14/h5-10H,1-4H3,(H,20,21)(H,22,23). The van der Waals surface area contributed by atoms with E-state index in [0.717, 1.165) is 0 Å². The smallest absolute Gasteiger partial charge is 0.337 e. The van der Waals surface area contributed by atoms with Crippen LogP contribution in [0.3, 0.4) is 0 Å². The SMILES string of the molecule is COc1ccc(NC(=O)c2ccc(C(=O)O)c(C)n2)cc1OC(C)C. The molecule has 2 rings (SSSR count). The zero-order valence-electron chi connectivity index (χ0n) is 14.5. The average Bonchev–Trinajstić information content (AvgIpc) is 2.54. The zero-order valence-corrected chi connectivity index (χ0v) is 14.5. The third kappa shape index (κ3) is 4.47. The van der Waals surface area contributed by atoms with Crippen molar-refractivity contribution in [2.24, 2.45) is 0 Å². The van der Waals surface area contributed by atoms with Crippen LogP contribution in [0.2, 0.25) is 0 Å². The molecule has 1 amide bonds. The first-order valence-corrected chi connectivity index (χ1v) is 7.68. The van der Waals surface area contributed by atoms with Crippen molar-refractivity contribution in [2.75, 3.05) is 12.4 Å². The van der Waals surface area contributed by atoms with Gasteiger partial charge in [-0.2, -0.15) is 0 Å². The van der Waals surface area contributed by atoms with Crippen molar-refractivity contribution in [1.82, 2.24) is 4.98 Å². The molecule has 1 heterocycles. The number of carbonyl (C=O) groups is 2. The summed E-state index contributed by atoms with van der Waals surface area (Å²) in [4.78, 5) is 27.4. The van der Waals surface area contributed by atoms with E-state index >= 15 is 0 Å². The molecule has 0 aliphatic carbocycles. The maximum atomic E-state index is 12.3. The molecular formula is C18H20N2O5. The number of ether oxygens (including phenoxy) is 2. The number of carboxylic acids is 1. The lowest BCUT2D eigenvalue weighted by atomic mass is 10.2. The number of aromatic carboxylic acids is 1. The van der Waals surface area contributed by atoms with E-state index in [4.69, 9.17) is 14.6 Å². The van der Waals surface area contributed by atoms with Gasteiger partial charge in [0.2, 0.25) is 0 Å². The predicted molar refractivity (Wildman–Crippen MR) is 92.6 cm³/mol. The summed E-state index contributed by atoms with van der Waals surface area (Å²) in [7, 11) is 1.54. The average molecular weight is 344 g/mol. The Kier molecular flexibility index (Phi) is 5.59. The Morgan fingerprint density at radius 2 is 1.88 bits per heavy atom. The summed E-state index contributed by atoms with van der Waals surface area (Å²) < 4.78 is 10.9. The Hall–Kier alpha value is -3.09. The molecule has 0 saturated heterocycles. The molecule has 0 spiro atoms. The lowest BCUT2D eigenvalue weighted by Crippen LogP contribution is -2.16. The number of amides is 1. The number of nitrogens with zero attached hydrogens (tertiary/aromatic N) is 1. The number of aryl methyl sites for hydroxylation is 1. The monoisotopic (exact) mass is 344 g/mol. The van der Waals surface area contributed by atoms with Crippen LogP contribution in [-0.4, -0.2) is 35.2 Å². The molecular weight excluding hydrogens is 324 g/mol. The van der Waals surface area contributed by atoms with E-state index in [9.17, 15) is 9.59 Å². The van der Waals surface area contributed by atoms with Gasteiger partial charge in [-0.1, -0.05) is 0 Å². The number of aromatic nitrogens is 1. The van der Waals surface area contributed by atoms with Gasteiger partial charge in [-0.05, 0) is 45.0 Å². The van der Waals surface area contributed by atoms with E-state index in [0.29, 0.717) is 17.2 Å². The van der Waals surface area contributed by atoms with Gasteiger partial charge in [0.05, 0.1) is 24.5 Å². The van der Waals surface area contributed by atoms with Gasteiger partial charge in [0.15, 0.2) is 11.5 Å². The maximum Gasteiger partial charge on any atom is 0.337 e. The highest BCUT2D eigenvalue weighted by atomic mass is 16.5. The third-order valence-electron chi connectivity index (χ3n) is 3.33. The van der Waals surface area contributed by atoms with Crippen molar-refractivity contribution in [3.63, 3.8) is 0 Å². The van der Waals surface area contributed by atoms with Crippen LogP contribution in [0.15, 0.2) is 30.3 Å². The van der Waals surface area contributed by atoms with Crippen molar-refractivity contribution in [1.29, 1.82) is 0 Å². The van der Waals surface area contributed by atoms with Gasteiger partial charge in [0.25, 0.3) is 5.91 Å². The van der Waals surface area contributed by atoms with Crippen molar-refractivity contribution < 1.29 is 24.2 Å². The summed E-state index contributed by atoms with van der Waals surface area (Å²) in [5, 5.41) is 11.7. The van der Waals surface area contributed by atoms with Crippen LogP contribution in [-0.2, 0) is 0 Å². The van der Waals surface area contributed by atoms with Crippen LogP contribution >= 0.6 is 0 Å². The fraction of sp³-hybridized carbons (Fsp3) is 0.278. The number of carboxylic acid groups (broad SMARTS) is 1. The van der Waals surface area contributed by atoms with Crippen LogP contribution in [0.4, 0.5) is 5.69 Å². The van der Waals surface area contributed by atoms with Crippen LogP contribution in [0, 0.1) is 6.92 Å². The van der Waals surface area contributed by atoms with Gasteiger partial charge >= 0.3 is 5.97 Å². The number of pyridine rings is 1. The molecule has 0 fully saturated rings. The minimum atomic E-state index is -1.08. The first-order chi connectivity index (χ1) is 11.8. The number of methoxy groups -OCH3 is 1. The summed E-state index contributed by atoms with van der Waals surface area (Å²) in [6, 6.07) is 7.78. The fourth-order valence-electron chi connectivity index (χ4n) is 2.21. The largest absolute Gasteiger partial charge is 0.493 e. The predicted octanol–water partition coefficient (Wildman–Crippen LogP) is 3.14. The molecule has 1 aromatic heterocycles. The summed E-state index contributed by atoms with van der Waals surface area (Å²) in [6.45, 7) is 5.32. The molecule has 0 atom stereocenters. The van der Waals surface area contributed by atoms with Crippen molar-refractivity contribution in [2.45, 2.75) is 26.9 Å². The Morgan fingerprint density at radius 1 is 1.16 bits per heavy atom. The molecule has 7 nitrogen and oxygen atoms in total. The van der Waals surface area contributed by atoms with Crippen LogP contribution in [0.1, 0.15) is 40.4 Å². The summed E-state index contributed by atoms with van der Waals surface area (Å²) >= 11 is 0. The molecule has 0 aliphatic rings. The number of carbonyl (C=O) groups excluding carboxylic acids is 1. The molecule has 0 radical (unpaired) electrons. The normalized spacial score (nSPS) is 10.4. The second-order valence-electron chi connectivity index (χ2n) is 5.62. The van der Waals surface area contributed by atoms with Crippen molar-refractivity contribution in [3.8, 4) is 11.5 Å². The van der Waals surface area contributed by atoms with E-state index in [2.05, 4.69) is 10.3 Å². The molecule has 2 N–H and O–H groups in total. The Labute approximate surface area is 145 Å². The minimum absolute atomic E-state index is 0.0484. The molecule has 0 unspecified atom stereocenters. The lowest BCUT2D eigenvalue weighted by molar-refractivity contribution is 0.0695. The van der Waals surface area contributed by atoms with Crippen molar-refractivity contribution >= 4 is 17.6 Å². The fourth-order valence-corrected chi connectivity index (χ4v) is 2.21. The molecule has 7 heteroatoms. The van der Waals surface area contributed by atoms with Crippen LogP contribution in [0.5, 0.6) is 11.5 Å². The number of hydrogen-bond donors (Lipinski definition) is 2. The number of benzene rings is 1. The quantitative estimate of drug-likeness (QED) is 0.835. The Balaban J connectivity index is 2.23. The second kappa shape index (κ2) is 7.65. The summed E-state index contributed by atoms with van der Waals surface area (Å²) in [5.74, 6) is -0.449. The summed E-state index contributed by atoms with van der Waals surface area (Å²) in [6.07, 6.45) is -0.0484. The molecule has 25 heavy (non-hydrogen) atoms. The topological polar surface area (TPSA) is 97.8 Å². The highest BCUT2D eigenvalue weighted by molar-refractivity contribution is 6.03. The molecule has 0 bridgehead atoms. The lowest BCUT2D eigenvalue weighted by Gasteiger charge is -2.15. The van der Waals surface area contributed by atoms with Gasteiger partial charge in [0, 0.05) is 11.8 Å². The number of rotatable bonds is 6. The number of nitrogens with one attached hydrogen (secondary N) is 1. The molecule has 132 valence electrons. The first kappa shape index (κ1) is 18.3. The summed E-state index contributed by atoms with van der Waals surface area (Å²) in [5.41, 5.74) is 0.986. The molecule has 0 saturated carbocycles. The van der Waals surface area contributed by atoms with E-state index < -0.39 is 11.9 Å². The molecule has 2 aromatic rings. The highest BCUT2D eigenvalue weighted by Gasteiger charge is 2.14. The van der Waals surface area contributed by atoms with Gasteiger partial charge in [-0.3, -0.25) is 4.79 Å². The second-order valence-corrected chi connectivity index (χ2v) is 5.62. The molecule has 1 aromatic carbocycles. The van der Waals surface area contributed by atoms with E-state index in [1.807, 2.05) is 13.8 Å². The van der Waals surface area contributed by atoms with Crippen LogP contribution in [0.25, 0.3) is 0 Å². The van der Waals surface area contributed by atoms with Crippen LogP contribution < -0.4 is 14.8 Å².